The number of hydrogen-bond acceptors (Lipinski definition) is 2. The topological polar surface area (TPSA) is 55.1 Å². The zero-order chi connectivity index (χ0) is 15.4. The van der Waals surface area contributed by atoms with Crippen LogP contribution in [0.15, 0.2) is 36.8 Å². The lowest BCUT2D eigenvalue weighted by Gasteiger charge is -2.25. The van der Waals surface area contributed by atoms with E-state index in [-0.39, 0.29) is 12.1 Å². The van der Waals surface area contributed by atoms with E-state index < -0.39 is 0 Å². The Morgan fingerprint density at radius 3 is 3.05 bits per heavy atom. The van der Waals surface area contributed by atoms with Crippen molar-refractivity contribution in [2.24, 2.45) is 7.05 Å². The molecule has 118 valence electrons. The number of hydrogen-bond donors (Lipinski definition) is 1. The molecule has 0 spiro atoms. The highest BCUT2D eigenvalue weighted by Crippen LogP contribution is 2.31. The lowest BCUT2D eigenvalue weighted by molar-refractivity contribution is 0.191. The maximum absolute atomic E-state index is 12.4. The summed E-state index contributed by atoms with van der Waals surface area (Å²) in [5.41, 5.74) is 1.21. The first-order chi connectivity index (χ1) is 10.8. The fraction of sp³-hybridized carbons (Fsp3) is 0.500. The standard InChI is InChI=1S/C16H23N5O/c1-19-10-2-6-14(19)15-7-3-13-21(15)16(22)17-8-4-11-20-12-5-9-18-20/h2,5-6,9-10,12,15H,3-4,7-8,11,13H2,1H3,(H,17,22)/t15-/m0/s1. The van der Waals surface area contributed by atoms with E-state index in [4.69, 9.17) is 0 Å². The van der Waals surface area contributed by atoms with E-state index in [0.717, 1.165) is 32.4 Å². The van der Waals surface area contributed by atoms with Gasteiger partial charge in [0.25, 0.3) is 0 Å². The first-order valence-electron chi connectivity index (χ1n) is 7.89. The molecule has 2 aromatic heterocycles. The Morgan fingerprint density at radius 2 is 2.32 bits per heavy atom. The molecule has 1 N–H and O–H groups in total. The summed E-state index contributed by atoms with van der Waals surface area (Å²) in [4.78, 5) is 14.4. The number of amides is 2. The largest absolute Gasteiger partial charge is 0.353 e. The molecule has 1 aliphatic rings. The molecule has 0 aromatic carbocycles. The van der Waals surface area contributed by atoms with Crippen molar-refractivity contribution in [3.8, 4) is 0 Å². The maximum Gasteiger partial charge on any atom is 0.317 e. The summed E-state index contributed by atoms with van der Waals surface area (Å²) < 4.78 is 3.99. The minimum atomic E-state index is 0.0455. The number of rotatable bonds is 5. The van der Waals surface area contributed by atoms with E-state index in [1.807, 2.05) is 41.2 Å². The molecule has 0 radical (unpaired) electrons. The highest BCUT2D eigenvalue weighted by atomic mass is 16.2. The Hall–Kier alpha value is -2.24. The van der Waals surface area contributed by atoms with Gasteiger partial charge in [0.15, 0.2) is 0 Å². The molecule has 0 aliphatic carbocycles. The molecule has 0 saturated carbocycles. The first-order valence-corrected chi connectivity index (χ1v) is 7.89. The molecule has 3 heterocycles. The van der Waals surface area contributed by atoms with Gasteiger partial charge in [0.05, 0.1) is 6.04 Å². The molecule has 1 aliphatic heterocycles. The van der Waals surface area contributed by atoms with Gasteiger partial charge in [0, 0.05) is 51.0 Å². The second kappa shape index (κ2) is 6.68. The van der Waals surface area contributed by atoms with Crippen molar-refractivity contribution in [1.29, 1.82) is 0 Å². The Bertz CT molecular complexity index is 604. The molecular formula is C16H23N5O. The molecule has 3 rings (SSSR count). The zero-order valence-corrected chi connectivity index (χ0v) is 13.0. The number of urea groups is 1. The fourth-order valence-corrected chi connectivity index (χ4v) is 3.11. The fourth-order valence-electron chi connectivity index (χ4n) is 3.11. The summed E-state index contributed by atoms with van der Waals surface area (Å²) in [7, 11) is 2.04. The van der Waals surface area contributed by atoms with E-state index in [1.54, 1.807) is 6.20 Å². The van der Waals surface area contributed by atoms with Gasteiger partial charge in [-0.3, -0.25) is 4.68 Å². The van der Waals surface area contributed by atoms with Crippen LogP contribution in [0.5, 0.6) is 0 Å². The van der Waals surface area contributed by atoms with Gasteiger partial charge < -0.3 is 14.8 Å². The molecule has 22 heavy (non-hydrogen) atoms. The summed E-state index contributed by atoms with van der Waals surface area (Å²) in [5, 5.41) is 7.19. The van der Waals surface area contributed by atoms with Gasteiger partial charge in [0.2, 0.25) is 0 Å². The van der Waals surface area contributed by atoms with E-state index in [0.29, 0.717) is 6.54 Å². The Balaban J connectivity index is 1.50. The van der Waals surface area contributed by atoms with Crippen LogP contribution in [-0.2, 0) is 13.6 Å². The van der Waals surface area contributed by atoms with Crippen LogP contribution < -0.4 is 5.32 Å². The van der Waals surface area contributed by atoms with Crippen LogP contribution in [0.4, 0.5) is 4.79 Å². The number of aromatic nitrogens is 3. The maximum atomic E-state index is 12.4. The van der Waals surface area contributed by atoms with Gasteiger partial charge in [-0.2, -0.15) is 5.10 Å². The predicted octanol–water partition coefficient (Wildman–Crippen LogP) is 2.16. The van der Waals surface area contributed by atoms with Crippen LogP contribution in [0.25, 0.3) is 0 Å². The lowest BCUT2D eigenvalue weighted by atomic mass is 10.1. The van der Waals surface area contributed by atoms with Crippen molar-refractivity contribution in [1.82, 2.24) is 24.6 Å². The van der Waals surface area contributed by atoms with Crippen molar-refractivity contribution in [3.63, 3.8) is 0 Å². The molecule has 1 saturated heterocycles. The number of carbonyl (C=O) groups is 1. The SMILES string of the molecule is Cn1cccc1[C@@H]1CCCN1C(=O)NCCCn1cccn1. The second-order valence-corrected chi connectivity index (χ2v) is 5.75. The number of carbonyl (C=O) groups excluding carboxylic acids is 1. The third kappa shape index (κ3) is 3.16. The predicted molar refractivity (Wildman–Crippen MR) is 84.3 cm³/mol. The quantitative estimate of drug-likeness (QED) is 0.860. The van der Waals surface area contributed by atoms with Gasteiger partial charge in [-0.1, -0.05) is 0 Å². The number of nitrogens with one attached hydrogen (secondary N) is 1. The average molecular weight is 301 g/mol. The normalized spacial score (nSPS) is 17.9. The van der Waals surface area contributed by atoms with E-state index in [9.17, 15) is 4.79 Å². The van der Waals surface area contributed by atoms with Crippen LogP contribution in [0, 0.1) is 0 Å². The summed E-state index contributed by atoms with van der Waals surface area (Å²) in [6.45, 7) is 2.34. The summed E-state index contributed by atoms with van der Waals surface area (Å²) in [6.07, 6.45) is 8.74. The molecule has 1 fully saturated rings. The Labute approximate surface area is 130 Å². The van der Waals surface area contributed by atoms with Crippen LogP contribution >= 0.6 is 0 Å². The average Bonchev–Trinajstić information content (AvgIpc) is 3.24. The van der Waals surface area contributed by atoms with E-state index in [1.165, 1.54) is 5.69 Å². The van der Waals surface area contributed by atoms with Crippen LogP contribution in [0.3, 0.4) is 0 Å². The lowest BCUT2D eigenvalue weighted by Crippen LogP contribution is -2.40. The number of likely N-dealkylation sites (tertiary alicyclic amines) is 1. The minimum absolute atomic E-state index is 0.0455. The third-order valence-corrected chi connectivity index (χ3v) is 4.24. The molecule has 1 atom stereocenters. The third-order valence-electron chi connectivity index (χ3n) is 4.24. The van der Waals surface area contributed by atoms with Gasteiger partial charge in [-0.15, -0.1) is 0 Å². The first kappa shape index (κ1) is 14.7. The van der Waals surface area contributed by atoms with Gasteiger partial charge in [-0.25, -0.2) is 4.79 Å². The number of nitrogens with zero attached hydrogens (tertiary/aromatic N) is 4. The second-order valence-electron chi connectivity index (χ2n) is 5.75. The monoisotopic (exact) mass is 301 g/mol. The number of aryl methyl sites for hydroxylation is 2. The van der Waals surface area contributed by atoms with Crippen molar-refractivity contribution in [2.45, 2.75) is 31.8 Å². The molecule has 0 bridgehead atoms. The minimum Gasteiger partial charge on any atom is -0.353 e. The molecule has 6 heteroatoms. The summed E-state index contributed by atoms with van der Waals surface area (Å²) in [6, 6.07) is 6.30. The van der Waals surface area contributed by atoms with Crippen LogP contribution in [0.1, 0.15) is 31.0 Å². The zero-order valence-electron chi connectivity index (χ0n) is 13.0. The highest BCUT2D eigenvalue weighted by Gasteiger charge is 2.30. The molecule has 2 aromatic rings. The van der Waals surface area contributed by atoms with Crippen molar-refractivity contribution < 1.29 is 4.79 Å². The van der Waals surface area contributed by atoms with E-state index >= 15 is 0 Å². The Morgan fingerprint density at radius 1 is 1.41 bits per heavy atom. The van der Waals surface area contributed by atoms with Gasteiger partial charge in [0.1, 0.15) is 0 Å². The van der Waals surface area contributed by atoms with Crippen molar-refractivity contribution in [3.05, 3.63) is 42.5 Å². The van der Waals surface area contributed by atoms with Crippen molar-refractivity contribution >= 4 is 6.03 Å². The summed E-state index contributed by atoms with van der Waals surface area (Å²) >= 11 is 0. The summed E-state index contributed by atoms with van der Waals surface area (Å²) in [5.74, 6) is 0. The van der Waals surface area contributed by atoms with Crippen LogP contribution in [0.2, 0.25) is 0 Å². The molecule has 0 unspecified atom stereocenters. The van der Waals surface area contributed by atoms with Gasteiger partial charge >= 0.3 is 6.03 Å². The van der Waals surface area contributed by atoms with Crippen molar-refractivity contribution in [2.75, 3.05) is 13.1 Å². The van der Waals surface area contributed by atoms with E-state index in [2.05, 4.69) is 21.0 Å². The highest BCUT2D eigenvalue weighted by molar-refractivity contribution is 5.75. The molecule has 2 amide bonds. The molecule has 6 nitrogen and oxygen atoms in total. The molecular weight excluding hydrogens is 278 g/mol. The van der Waals surface area contributed by atoms with Gasteiger partial charge in [-0.05, 0) is 37.5 Å². The Kier molecular flexibility index (Phi) is 4.46. The smallest absolute Gasteiger partial charge is 0.317 e. The van der Waals surface area contributed by atoms with Crippen LogP contribution in [-0.4, -0.2) is 38.4 Å².